The van der Waals surface area contributed by atoms with Crippen LogP contribution < -0.4 is 0 Å². The quantitative estimate of drug-likeness (QED) is 0.167. The van der Waals surface area contributed by atoms with Crippen LogP contribution in [0.2, 0.25) is 0 Å². The highest BCUT2D eigenvalue weighted by Gasteiger charge is 2.17. The molecule has 0 saturated carbocycles. The van der Waals surface area contributed by atoms with E-state index >= 15 is 0 Å². The summed E-state index contributed by atoms with van der Waals surface area (Å²) in [6.45, 7) is 0. The van der Waals surface area contributed by atoms with Crippen molar-refractivity contribution in [3.05, 3.63) is 200 Å². The van der Waals surface area contributed by atoms with Gasteiger partial charge in [0.1, 0.15) is 0 Å². The lowest BCUT2D eigenvalue weighted by Gasteiger charge is -2.12. The molecular weight excluding hydrogens is 667 g/mol. The van der Waals surface area contributed by atoms with Crippen LogP contribution in [0.4, 0.5) is 0 Å². The molecule has 3 heteroatoms. The van der Waals surface area contributed by atoms with Gasteiger partial charge in [-0.3, -0.25) is 0 Å². The molecule has 0 aliphatic rings. The lowest BCUT2D eigenvalue weighted by molar-refractivity contribution is 1.17. The van der Waals surface area contributed by atoms with Crippen LogP contribution in [0.5, 0.6) is 0 Å². The Kier molecular flexibility index (Phi) is 7.17. The number of para-hydroxylation sites is 1. The molecule has 0 saturated heterocycles. The van der Waals surface area contributed by atoms with Gasteiger partial charge >= 0.3 is 0 Å². The second-order valence-electron chi connectivity index (χ2n) is 14.2. The summed E-state index contributed by atoms with van der Waals surface area (Å²) in [5.41, 5.74) is 10.8. The van der Waals surface area contributed by atoms with Gasteiger partial charge in [-0.15, -0.1) is 0 Å². The van der Waals surface area contributed by atoms with Crippen LogP contribution >= 0.6 is 0 Å². The van der Waals surface area contributed by atoms with Crippen molar-refractivity contribution in [2.75, 3.05) is 0 Å². The second kappa shape index (κ2) is 12.6. The number of fused-ring (bicyclic) bond motifs is 8. The van der Waals surface area contributed by atoms with Gasteiger partial charge in [0.15, 0.2) is 5.82 Å². The van der Waals surface area contributed by atoms with Gasteiger partial charge in [-0.1, -0.05) is 158 Å². The van der Waals surface area contributed by atoms with Crippen molar-refractivity contribution >= 4 is 54.1 Å². The van der Waals surface area contributed by atoms with Gasteiger partial charge in [-0.25, -0.2) is 9.97 Å². The molecule has 2 heterocycles. The maximum atomic E-state index is 5.07. The summed E-state index contributed by atoms with van der Waals surface area (Å²) < 4.78 is 2.40. The van der Waals surface area contributed by atoms with Gasteiger partial charge in [0, 0.05) is 33.2 Å². The molecule has 0 fully saturated rings. The first-order valence-electron chi connectivity index (χ1n) is 18.7. The maximum Gasteiger partial charge on any atom is 0.160 e. The van der Waals surface area contributed by atoms with E-state index in [0.717, 1.165) is 33.8 Å². The highest BCUT2D eigenvalue weighted by atomic mass is 15.0. The lowest BCUT2D eigenvalue weighted by Crippen LogP contribution is -1.97. The van der Waals surface area contributed by atoms with Crippen molar-refractivity contribution < 1.29 is 0 Å². The molecule has 0 bridgehead atoms. The zero-order valence-electron chi connectivity index (χ0n) is 29.9. The van der Waals surface area contributed by atoms with Crippen molar-refractivity contribution in [2.24, 2.45) is 0 Å². The first-order valence-corrected chi connectivity index (χ1v) is 18.7. The molecule has 3 nitrogen and oxygen atoms in total. The van der Waals surface area contributed by atoms with Crippen LogP contribution in [0.25, 0.3) is 105 Å². The smallest absolute Gasteiger partial charge is 0.160 e. The molecule has 9 aromatic carbocycles. The molecular formula is C52H33N3. The predicted molar refractivity (Wildman–Crippen MR) is 231 cm³/mol. The Hall–Kier alpha value is -7.36. The zero-order chi connectivity index (χ0) is 36.3. The van der Waals surface area contributed by atoms with Crippen LogP contribution in [0.3, 0.4) is 0 Å². The fourth-order valence-corrected chi connectivity index (χ4v) is 8.28. The molecule has 0 spiro atoms. The molecule has 11 aromatic rings. The molecule has 0 aliphatic carbocycles. The average Bonchev–Trinajstić information content (AvgIpc) is 3.61. The average molecular weight is 700 g/mol. The minimum Gasteiger partial charge on any atom is -0.309 e. The summed E-state index contributed by atoms with van der Waals surface area (Å²) in [6.07, 6.45) is 0. The zero-order valence-corrected chi connectivity index (χ0v) is 29.9. The number of hydrogen-bond acceptors (Lipinski definition) is 2. The molecule has 11 rings (SSSR count). The van der Waals surface area contributed by atoms with Crippen molar-refractivity contribution in [3.8, 4) is 50.7 Å². The molecule has 0 atom stereocenters. The van der Waals surface area contributed by atoms with E-state index in [4.69, 9.17) is 9.97 Å². The fourth-order valence-electron chi connectivity index (χ4n) is 8.28. The number of rotatable bonds is 5. The molecule has 256 valence electrons. The van der Waals surface area contributed by atoms with Gasteiger partial charge < -0.3 is 4.57 Å². The van der Waals surface area contributed by atoms with E-state index in [2.05, 4.69) is 180 Å². The summed E-state index contributed by atoms with van der Waals surface area (Å²) in [5.74, 6) is 0.715. The largest absolute Gasteiger partial charge is 0.309 e. The highest BCUT2D eigenvalue weighted by Crippen LogP contribution is 2.39. The minimum absolute atomic E-state index is 0.715. The second-order valence-corrected chi connectivity index (χ2v) is 14.2. The summed E-state index contributed by atoms with van der Waals surface area (Å²) in [7, 11) is 0. The van der Waals surface area contributed by atoms with E-state index in [1.807, 2.05) is 24.3 Å². The van der Waals surface area contributed by atoms with Gasteiger partial charge in [0.05, 0.1) is 22.4 Å². The third-order valence-electron chi connectivity index (χ3n) is 11.0. The summed E-state index contributed by atoms with van der Waals surface area (Å²) >= 11 is 0. The molecule has 2 aromatic heterocycles. The standard InChI is InChI=1S/C52H33N3/c1-3-12-37(13-4-1)47-33-48(54-52(53-47)39-14-5-2-6-15-39)38-25-28-42(29-26-38)55-49-18-10-9-17-44(49)51-46-32-41(24-22-36(46)27-30-50(51)55)40-23-21-35-20-19-34-11-7-8-16-43(34)45(35)31-40/h1-33H. The van der Waals surface area contributed by atoms with Crippen LogP contribution in [0, 0.1) is 0 Å². The Morgan fingerprint density at radius 3 is 1.55 bits per heavy atom. The number of hydrogen-bond donors (Lipinski definition) is 0. The first kappa shape index (κ1) is 31.2. The minimum atomic E-state index is 0.715. The van der Waals surface area contributed by atoms with Crippen molar-refractivity contribution in [1.29, 1.82) is 0 Å². The van der Waals surface area contributed by atoms with E-state index in [9.17, 15) is 0 Å². The third kappa shape index (κ3) is 5.28. The number of benzene rings is 9. The molecule has 0 aliphatic heterocycles. The summed E-state index contributed by atoms with van der Waals surface area (Å²) in [5, 5.41) is 10.1. The van der Waals surface area contributed by atoms with Crippen LogP contribution in [-0.4, -0.2) is 14.5 Å². The van der Waals surface area contributed by atoms with Crippen LogP contribution in [0.1, 0.15) is 0 Å². The Balaban J connectivity index is 1.04. The Morgan fingerprint density at radius 2 is 0.818 bits per heavy atom. The predicted octanol–water partition coefficient (Wildman–Crippen LogP) is 13.7. The Bertz CT molecular complexity index is 3180. The molecule has 0 unspecified atom stereocenters. The van der Waals surface area contributed by atoms with Crippen molar-refractivity contribution in [3.63, 3.8) is 0 Å². The SMILES string of the molecule is c1ccc(-c2cc(-c3ccc(-n4c5ccccc5c5c6cc(-c7ccc8ccc9ccccc9c8c7)ccc6ccc54)cc3)nc(-c3ccccc3)n2)cc1. The Morgan fingerprint density at radius 1 is 0.309 bits per heavy atom. The van der Waals surface area contributed by atoms with Gasteiger partial charge in [-0.2, -0.15) is 0 Å². The molecule has 0 amide bonds. The van der Waals surface area contributed by atoms with Gasteiger partial charge in [0.2, 0.25) is 0 Å². The maximum absolute atomic E-state index is 5.07. The van der Waals surface area contributed by atoms with E-state index in [-0.39, 0.29) is 0 Å². The molecule has 0 N–H and O–H groups in total. The lowest BCUT2D eigenvalue weighted by atomic mass is 9.95. The first-order chi connectivity index (χ1) is 27.2. The third-order valence-corrected chi connectivity index (χ3v) is 11.0. The number of aromatic nitrogens is 3. The fraction of sp³-hybridized carbons (Fsp3) is 0. The number of nitrogens with zero attached hydrogens (tertiary/aromatic N) is 3. The van der Waals surface area contributed by atoms with Crippen LogP contribution in [0.15, 0.2) is 200 Å². The Labute approximate surface area is 318 Å². The highest BCUT2D eigenvalue weighted by molar-refractivity contribution is 6.22. The summed E-state index contributed by atoms with van der Waals surface area (Å²) in [6, 6.07) is 71.6. The van der Waals surface area contributed by atoms with E-state index in [1.165, 1.54) is 65.3 Å². The van der Waals surface area contributed by atoms with E-state index in [1.54, 1.807) is 0 Å². The summed E-state index contributed by atoms with van der Waals surface area (Å²) in [4.78, 5) is 10.1. The van der Waals surface area contributed by atoms with Crippen LogP contribution in [-0.2, 0) is 0 Å². The van der Waals surface area contributed by atoms with Crippen molar-refractivity contribution in [1.82, 2.24) is 14.5 Å². The van der Waals surface area contributed by atoms with Gasteiger partial charge in [-0.05, 0) is 85.9 Å². The monoisotopic (exact) mass is 699 g/mol. The molecule has 55 heavy (non-hydrogen) atoms. The van der Waals surface area contributed by atoms with E-state index in [0.29, 0.717) is 5.82 Å². The van der Waals surface area contributed by atoms with Crippen molar-refractivity contribution in [2.45, 2.75) is 0 Å². The topological polar surface area (TPSA) is 30.7 Å². The van der Waals surface area contributed by atoms with Gasteiger partial charge in [0.25, 0.3) is 0 Å². The van der Waals surface area contributed by atoms with E-state index < -0.39 is 0 Å². The normalized spacial score (nSPS) is 11.6. The molecule has 0 radical (unpaired) electrons.